The van der Waals surface area contributed by atoms with Crippen molar-refractivity contribution >= 4 is 5.91 Å². The number of nitrogens with zero attached hydrogens (tertiary/aromatic N) is 2. The molecule has 0 spiro atoms. The molecule has 0 bridgehead atoms. The van der Waals surface area contributed by atoms with Crippen LogP contribution in [-0.4, -0.2) is 15.9 Å². The van der Waals surface area contributed by atoms with Crippen molar-refractivity contribution in [3.63, 3.8) is 0 Å². The van der Waals surface area contributed by atoms with E-state index in [0.29, 0.717) is 19.0 Å². The number of hydrogen-bond acceptors (Lipinski definition) is 4. The van der Waals surface area contributed by atoms with E-state index in [1.807, 2.05) is 48.5 Å². The van der Waals surface area contributed by atoms with Gasteiger partial charge in [-0.2, -0.15) is 0 Å². The van der Waals surface area contributed by atoms with Gasteiger partial charge in [0.25, 0.3) is 5.91 Å². The summed E-state index contributed by atoms with van der Waals surface area (Å²) in [6.45, 7) is 1.00. The van der Waals surface area contributed by atoms with Crippen molar-refractivity contribution in [2.75, 3.05) is 0 Å². The van der Waals surface area contributed by atoms with E-state index in [0.717, 1.165) is 27.9 Å². The fourth-order valence-electron chi connectivity index (χ4n) is 2.68. The van der Waals surface area contributed by atoms with E-state index in [-0.39, 0.29) is 5.91 Å². The molecule has 1 aliphatic heterocycles. The van der Waals surface area contributed by atoms with Crippen LogP contribution in [0.1, 0.15) is 21.5 Å². The van der Waals surface area contributed by atoms with Crippen LogP contribution in [0.25, 0.3) is 11.3 Å². The van der Waals surface area contributed by atoms with Crippen LogP contribution >= 0.6 is 0 Å². The van der Waals surface area contributed by atoms with E-state index >= 15 is 0 Å². The van der Waals surface area contributed by atoms with Crippen LogP contribution in [-0.2, 0) is 13.2 Å². The summed E-state index contributed by atoms with van der Waals surface area (Å²) in [7, 11) is 0. The molecule has 3 aromatic rings. The first-order valence-electron chi connectivity index (χ1n) is 7.70. The van der Waals surface area contributed by atoms with Crippen molar-refractivity contribution in [3.8, 4) is 17.1 Å². The molecule has 4 rings (SSSR count). The Morgan fingerprint density at radius 3 is 2.83 bits per heavy atom. The van der Waals surface area contributed by atoms with E-state index in [4.69, 9.17) is 4.74 Å². The van der Waals surface area contributed by atoms with Gasteiger partial charge in [-0.15, -0.1) is 0 Å². The zero-order chi connectivity index (χ0) is 16.4. The van der Waals surface area contributed by atoms with Crippen LogP contribution in [0.3, 0.4) is 0 Å². The molecule has 0 aliphatic carbocycles. The molecule has 1 N–H and O–H groups in total. The van der Waals surface area contributed by atoms with Gasteiger partial charge in [-0.1, -0.05) is 36.4 Å². The van der Waals surface area contributed by atoms with Gasteiger partial charge < -0.3 is 10.1 Å². The summed E-state index contributed by atoms with van der Waals surface area (Å²) in [5.74, 6) is 0.452. The average Bonchev–Trinajstić information content (AvgIpc) is 3.02. The molecule has 118 valence electrons. The number of amides is 1. The minimum Gasteiger partial charge on any atom is -0.472 e. The smallest absolute Gasteiger partial charge is 0.251 e. The third-order valence-corrected chi connectivity index (χ3v) is 3.93. The Morgan fingerprint density at radius 1 is 1.08 bits per heavy atom. The van der Waals surface area contributed by atoms with Gasteiger partial charge >= 0.3 is 0 Å². The summed E-state index contributed by atoms with van der Waals surface area (Å²) in [5.41, 5.74) is 4.43. The molecule has 1 amide bonds. The molecule has 0 saturated heterocycles. The lowest BCUT2D eigenvalue weighted by Crippen LogP contribution is -2.12. The first-order chi connectivity index (χ1) is 11.8. The van der Waals surface area contributed by atoms with Crippen molar-refractivity contribution in [2.24, 2.45) is 0 Å². The predicted octanol–water partition coefficient (Wildman–Crippen LogP) is 2.97. The SMILES string of the molecule is O=C1NCc2cc(-c3cncc(OCc4ccccc4)n3)ccc21. The molecule has 0 unspecified atom stereocenters. The average molecular weight is 317 g/mol. The van der Waals surface area contributed by atoms with Crippen molar-refractivity contribution in [2.45, 2.75) is 13.2 Å². The summed E-state index contributed by atoms with van der Waals surface area (Å²) in [6, 6.07) is 15.6. The van der Waals surface area contributed by atoms with Gasteiger partial charge in [0.2, 0.25) is 5.88 Å². The highest BCUT2D eigenvalue weighted by Crippen LogP contribution is 2.24. The molecule has 2 aromatic carbocycles. The van der Waals surface area contributed by atoms with Crippen molar-refractivity contribution < 1.29 is 9.53 Å². The van der Waals surface area contributed by atoms with E-state index in [9.17, 15) is 4.79 Å². The van der Waals surface area contributed by atoms with Gasteiger partial charge in [0.15, 0.2) is 0 Å². The first kappa shape index (κ1) is 14.4. The van der Waals surface area contributed by atoms with Gasteiger partial charge in [-0.25, -0.2) is 4.98 Å². The lowest BCUT2D eigenvalue weighted by atomic mass is 10.0. The quantitative estimate of drug-likeness (QED) is 0.803. The van der Waals surface area contributed by atoms with E-state index in [2.05, 4.69) is 15.3 Å². The van der Waals surface area contributed by atoms with Gasteiger partial charge in [-0.05, 0) is 23.3 Å². The highest BCUT2D eigenvalue weighted by Gasteiger charge is 2.19. The van der Waals surface area contributed by atoms with Crippen LogP contribution < -0.4 is 10.1 Å². The maximum absolute atomic E-state index is 11.6. The Bertz CT molecular complexity index is 894. The lowest BCUT2D eigenvalue weighted by Gasteiger charge is -2.07. The number of carbonyl (C=O) groups excluding carboxylic acids is 1. The minimum absolute atomic E-state index is 0.0254. The van der Waals surface area contributed by atoms with Gasteiger partial charge in [0.05, 0.1) is 18.1 Å². The van der Waals surface area contributed by atoms with Crippen molar-refractivity contribution in [1.82, 2.24) is 15.3 Å². The van der Waals surface area contributed by atoms with Gasteiger partial charge in [-0.3, -0.25) is 9.78 Å². The van der Waals surface area contributed by atoms with Crippen molar-refractivity contribution in [1.29, 1.82) is 0 Å². The Morgan fingerprint density at radius 2 is 1.96 bits per heavy atom. The number of carbonyl (C=O) groups is 1. The zero-order valence-corrected chi connectivity index (χ0v) is 12.9. The zero-order valence-electron chi connectivity index (χ0n) is 12.9. The van der Waals surface area contributed by atoms with Crippen LogP contribution in [0.4, 0.5) is 0 Å². The standard InChI is InChI=1S/C19H15N3O2/c23-19-16-7-6-14(8-15(16)9-21-19)17-10-20-11-18(22-17)24-12-13-4-2-1-3-5-13/h1-8,10-11H,9,12H2,(H,21,23). The summed E-state index contributed by atoms with van der Waals surface area (Å²) in [5, 5.41) is 2.81. The molecule has 0 fully saturated rings. The number of aromatic nitrogens is 2. The van der Waals surface area contributed by atoms with Crippen molar-refractivity contribution in [3.05, 3.63) is 77.6 Å². The minimum atomic E-state index is -0.0254. The molecule has 2 heterocycles. The Balaban J connectivity index is 1.55. The van der Waals surface area contributed by atoms with E-state index < -0.39 is 0 Å². The van der Waals surface area contributed by atoms with E-state index in [1.54, 1.807) is 12.4 Å². The number of benzene rings is 2. The fraction of sp³-hybridized carbons (Fsp3) is 0.105. The first-order valence-corrected chi connectivity index (χ1v) is 7.70. The molecule has 1 aliphatic rings. The number of ether oxygens (including phenoxy) is 1. The van der Waals surface area contributed by atoms with Gasteiger partial charge in [0, 0.05) is 17.7 Å². The summed E-state index contributed by atoms with van der Waals surface area (Å²) in [4.78, 5) is 20.4. The van der Waals surface area contributed by atoms with Crippen LogP contribution in [0, 0.1) is 0 Å². The molecule has 5 nitrogen and oxygen atoms in total. The molecule has 24 heavy (non-hydrogen) atoms. The number of hydrogen-bond donors (Lipinski definition) is 1. The Labute approximate surface area is 139 Å². The van der Waals surface area contributed by atoms with Crippen LogP contribution in [0.5, 0.6) is 5.88 Å². The second kappa shape index (κ2) is 6.12. The number of nitrogens with one attached hydrogen (secondary N) is 1. The number of fused-ring (bicyclic) bond motifs is 1. The third-order valence-electron chi connectivity index (χ3n) is 3.93. The van der Waals surface area contributed by atoms with Gasteiger partial charge in [0.1, 0.15) is 6.61 Å². The topological polar surface area (TPSA) is 64.1 Å². The Hall–Kier alpha value is -3.21. The second-order valence-electron chi connectivity index (χ2n) is 5.57. The lowest BCUT2D eigenvalue weighted by molar-refractivity contribution is 0.0966. The van der Waals surface area contributed by atoms with Crippen LogP contribution in [0.2, 0.25) is 0 Å². The van der Waals surface area contributed by atoms with E-state index in [1.165, 1.54) is 0 Å². The summed E-state index contributed by atoms with van der Waals surface area (Å²) in [6.07, 6.45) is 3.30. The van der Waals surface area contributed by atoms with Crippen LogP contribution in [0.15, 0.2) is 60.9 Å². The number of rotatable bonds is 4. The third kappa shape index (κ3) is 2.84. The summed E-state index contributed by atoms with van der Waals surface area (Å²) >= 11 is 0. The normalized spacial score (nSPS) is 12.6. The maximum atomic E-state index is 11.6. The molecule has 0 saturated carbocycles. The molecular weight excluding hydrogens is 302 g/mol. The molecule has 5 heteroatoms. The highest BCUT2D eigenvalue weighted by atomic mass is 16.5. The fourth-order valence-corrected chi connectivity index (χ4v) is 2.68. The molecule has 0 radical (unpaired) electrons. The maximum Gasteiger partial charge on any atom is 0.251 e. The predicted molar refractivity (Wildman–Crippen MR) is 89.4 cm³/mol. The monoisotopic (exact) mass is 317 g/mol. The largest absolute Gasteiger partial charge is 0.472 e. The highest BCUT2D eigenvalue weighted by molar-refractivity contribution is 5.98. The molecule has 0 atom stereocenters. The second-order valence-corrected chi connectivity index (χ2v) is 5.57. The molecular formula is C19H15N3O2. The summed E-state index contributed by atoms with van der Waals surface area (Å²) < 4.78 is 5.72. The Kier molecular flexibility index (Phi) is 3.67. The molecule has 1 aromatic heterocycles.